The maximum atomic E-state index is 12.1. The second kappa shape index (κ2) is 9.78. The van der Waals surface area contributed by atoms with E-state index in [4.69, 9.17) is 5.11 Å². The van der Waals surface area contributed by atoms with E-state index in [0.717, 1.165) is 25.7 Å². The van der Waals surface area contributed by atoms with E-state index in [1.54, 1.807) is 4.90 Å². The maximum Gasteiger partial charge on any atom is 0.326 e. The number of nitrogens with zero attached hydrogens (tertiary/aromatic N) is 1. The van der Waals surface area contributed by atoms with Crippen molar-refractivity contribution in [2.75, 3.05) is 6.54 Å². The van der Waals surface area contributed by atoms with Crippen LogP contribution in [0.4, 0.5) is 0 Å². The zero-order valence-electron chi connectivity index (χ0n) is 12.8. The van der Waals surface area contributed by atoms with Gasteiger partial charge in [0.05, 0.1) is 0 Å². The molecule has 1 atom stereocenters. The molecule has 4 nitrogen and oxygen atoms in total. The molecule has 0 aliphatic carbocycles. The summed E-state index contributed by atoms with van der Waals surface area (Å²) >= 11 is 0. The van der Waals surface area contributed by atoms with Crippen molar-refractivity contribution in [3.8, 4) is 0 Å². The first-order chi connectivity index (χ1) is 9.66. The predicted octanol–water partition coefficient (Wildman–Crippen LogP) is 3.59. The molecular weight excluding hydrogens is 254 g/mol. The van der Waals surface area contributed by atoms with Crippen molar-refractivity contribution in [2.24, 2.45) is 0 Å². The number of rotatable bonds is 9. The average Bonchev–Trinajstić information content (AvgIpc) is 2.46. The zero-order chi connectivity index (χ0) is 14.8. The number of aliphatic carboxylic acids is 1. The standard InChI is InChI=1S/C16H29NO3/c1-2-3-4-5-6-7-8-12-15(18)17-13-10-9-11-14(17)16(19)20/h14H,2-13H2,1H3,(H,19,20). The number of unbranched alkanes of at least 4 members (excludes halogenated alkanes) is 6. The van der Waals surface area contributed by atoms with E-state index >= 15 is 0 Å². The largest absolute Gasteiger partial charge is 0.480 e. The minimum Gasteiger partial charge on any atom is -0.480 e. The smallest absolute Gasteiger partial charge is 0.326 e. The average molecular weight is 283 g/mol. The van der Waals surface area contributed by atoms with E-state index in [-0.39, 0.29) is 5.91 Å². The summed E-state index contributed by atoms with van der Waals surface area (Å²) in [4.78, 5) is 24.8. The molecule has 0 aromatic rings. The molecule has 1 fully saturated rings. The van der Waals surface area contributed by atoms with Gasteiger partial charge in [-0.2, -0.15) is 0 Å². The zero-order valence-corrected chi connectivity index (χ0v) is 12.8. The number of amides is 1. The molecule has 1 N–H and O–H groups in total. The number of carboxylic acids is 1. The third-order valence-electron chi connectivity index (χ3n) is 4.10. The van der Waals surface area contributed by atoms with Crippen molar-refractivity contribution in [1.29, 1.82) is 0 Å². The molecule has 0 aromatic carbocycles. The van der Waals surface area contributed by atoms with Crippen molar-refractivity contribution in [3.05, 3.63) is 0 Å². The summed E-state index contributed by atoms with van der Waals surface area (Å²) in [5.41, 5.74) is 0. The van der Waals surface area contributed by atoms with E-state index in [9.17, 15) is 9.59 Å². The van der Waals surface area contributed by atoms with Crippen LogP contribution in [0.25, 0.3) is 0 Å². The Hall–Kier alpha value is -1.06. The Kier molecular flexibility index (Phi) is 8.31. The summed E-state index contributed by atoms with van der Waals surface area (Å²) in [5.74, 6) is -0.816. The minimum atomic E-state index is -0.849. The maximum absolute atomic E-state index is 12.1. The third kappa shape index (κ3) is 5.93. The van der Waals surface area contributed by atoms with Gasteiger partial charge in [0.25, 0.3) is 0 Å². The van der Waals surface area contributed by atoms with Crippen LogP contribution in [0.5, 0.6) is 0 Å². The molecule has 116 valence electrons. The summed E-state index contributed by atoms with van der Waals surface area (Å²) in [7, 11) is 0. The number of carbonyl (C=O) groups excluding carboxylic acids is 1. The highest BCUT2D eigenvalue weighted by molar-refractivity contribution is 5.83. The highest BCUT2D eigenvalue weighted by atomic mass is 16.4. The molecule has 0 bridgehead atoms. The lowest BCUT2D eigenvalue weighted by molar-refractivity contribution is -0.152. The van der Waals surface area contributed by atoms with Crippen LogP contribution in [0, 0.1) is 0 Å². The van der Waals surface area contributed by atoms with Gasteiger partial charge in [0, 0.05) is 13.0 Å². The molecule has 1 aliphatic heterocycles. The Bertz CT molecular complexity index is 304. The Morgan fingerprint density at radius 2 is 1.70 bits per heavy atom. The number of piperidine rings is 1. The summed E-state index contributed by atoms with van der Waals surface area (Å²) in [5, 5.41) is 9.16. The molecular formula is C16H29NO3. The summed E-state index contributed by atoms with van der Waals surface area (Å²) in [6.07, 6.45) is 11.2. The molecule has 0 saturated carbocycles. The number of carbonyl (C=O) groups is 2. The highest BCUT2D eigenvalue weighted by Gasteiger charge is 2.31. The second-order valence-corrected chi connectivity index (χ2v) is 5.81. The van der Waals surface area contributed by atoms with Gasteiger partial charge in [-0.1, -0.05) is 45.4 Å². The Labute approximate surface area is 122 Å². The van der Waals surface area contributed by atoms with Crippen LogP contribution in [-0.2, 0) is 9.59 Å². The van der Waals surface area contributed by atoms with Crippen LogP contribution in [0.1, 0.15) is 77.6 Å². The van der Waals surface area contributed by atoms with Gasteiger partial charge >= 0.3 is 5.97 Å². The molecule has 0 aromatic heterocycles. The lowest BCUT2D eigenvalue weighted by Crippen LogP contribution is -2.47. The fraction of sp³-hybridized carbons (Fsp3) is 0.875. The van der Waals surface area contributed by atoms with Gasteiger partial charge in [-0.3, -0.25) is 4.79 Å². The van der Waals surface area contributed by atoms with Crippen LogP contribution in [0.15, 0.2) is 0 Å². The van der Waals surface area contributed by atoms with Gasteiger partial charge in [-0.15, -0.1) is 0 Å². The summed E-state index contributed by atoms with van der Waals surface area (Å²) in [6, 6.07) is -0.583. The number of hydrogen-bond acceptors (Lipinski definition) is 2. The molecule has 0 spiro atoms. The van der Waals surface area contributed by atoms with E-state index in [1.165, 1.54) is 32.1 Å². The van der Waals surface area contributed by atoms with Crippen molar-refractivity contribution >= 4 is 11.9 Å². The van der Waals surface area contributed by atoms with Crippen molar-refractivity contribution in [3.63, 3.8) is 0 Å². The third-order valence-corrected chi connectivity index (χ3v) is 4.10. The SMILES string of the molecule is CCCCCCCCCC(=O)N1CCCCC1C(=O)O. The number of carboxylic acid groups (broad SMARTS) is 1. The Morgan fingerprint density at radius 3 is 2.35 bits per heavy atom. The van der Waals surface area contributed by atoms with E-state index < -0.39 is 12.0 Å². The van der Waals surface area contributed by atoms with Crippen LogP contribution in [-0.4, -0.2) is 34.5 Å². The second-order valence-electron chi connectivity index (χ2n) is 5.81. The molecule has 4 heteroatoms. The Balaban J connectivity index is 2.19. The van der Waals surface area contributed by atoms with Crippen molar-refractivity contribution in [1.82, 2.24) is 4.90 Å². The number of likely N-dealkylation sites (tertiary alicyclic amines) is 1. The van der Waals surface area contributed by atoms with Gasteiger partial charge in [-0.05, 0) is 25.7 Å². The molecule has 20 heavy (non-hydrogen) atoms. The molecule has 1 aliphatic rings. The molecule has 1 heterocycles. The van der Waals surface area contributed by atoms with Crippen LogP contribution in [0.2, 0.25) is 0 Å². The van der Waals surface area contributed by atoms with Crippen LogP contribution < -0.4 is 0 Å². The lowest BCUT2D eigenvalue weighted by Gasteiger charge is -2.33. The van der Waals surface area contributed by atoms with Crippen LogP contribution in [0.3, 0.4) is 0 Å². The van der Waals surface area contributed by atoms with Gasteiger partial charge in [0.2, 0.25) is 5.91 Å². The first-order valence-electron chi connectivity index (χ1n) is 8.19. The van der Waals surface area contributed by atoms with E-state index in [2.05, 4.69) is 6.92 Å². The monoisotopic (exact) mass is 283 g/mol. The van der Waals surface area contributed by atoms with Crippen molar-refractivity contribution < 1.29 is 14.7 Å². The van der Waals surface area contributed by atoms with Gasteiger partial charge in [0.1, 0.15) is 6.04 Å². The molecule has 1 rings (SSSR count). The van der Waals surface area contributed by atoms with Gasteiger partial charge in [-0.25, -0.2) is 4.79 Å². The quantitative estimate of drug-likeness (QED) is 0.658. The molecule has 0 radical (unpaired) electrons. The fourth-order valence-corrected chi connectivity index (χ4v) is 2.86. The van der Waals surface area contributed by atoms with Crippen molar-refractivity contribution in [2.45, 2.75) is 83.6 Å². The topological polar surface area (TPSA) is 57.6 Å². The first-order valence-corrected chi connectivity index (χ1v) is 8.19. The fourth-order valence-electron chi connectivity index (χ4n) is 2.86. The van der Waals surface area contributed by atoms with Gasteiger partial charge in [0.15, 0.2) is 0 Å². The lowest BCUT2D eigenvalue weighted by atomic mass is 10.0. The van der Waals surface area contributed by atoms with Crippen LogP contribution >= 0.6 is 0 Å². The van der Waals surface area contributed by atoms with E-state index in [1.807, 2.05) is 0 Å². The summed E-state index contributed by atoms with van der Waals surface area (Å²) in [6.45, 7) is 2.82. The Morgan fingerprint density at radius 1 is 1.05 bits per heavy atom. The normalized spacial score (nSPS) is 19.1. The number of hydrogen-bond donors (Lipinski definition) is 1. The van der Waals surface area contributed by atoms with Gasteiger partial charge < -0.3 is 10.0 Å². The molecule has 1 unspecified atom stereocenters. The first kappa shape index (κ1) is 17.0. The highest BCUT2D eigenvalue weighted by Crippen LogP contribution is 2.19. The van der Waals surface area contributed by atoms with E-state index in [0.29, 0.717) is 19.4 Å². The minimum absolute atomic E-state index is 0.0330. The predicted molar refractivity (Wildman–Crippen MR) is 79.6 cm³/mol. The molecule has 1 amide bonds. The molecule has 1 saturated heterocycles. The summed E-state index contributed by atoms with van der Waals surface area (Å²) < 4.78 is 0.